The van der Waals surface area contributed by atoms with Crippen molar-refractivity contribution < 1.29 is 14.3 Å². The predicted molar refractivity (Wildman–Crippen MR) is 76.8 cm³/mol. The van der Waals surface area contributed by atoms with Crippen LogP contribution in [0.25, 0.3) is 0 Å². The summed E-state index contributed by atoms with van der Waals surface area (Å²) < 4.78 is 5.59. The Labute approximate surface area is 120 Å². The summed E-state index contributed by atoms with van der Waals surface area (Å²) >= 11 is 1.32. The molecule has 0 atom stereocenters. The minimum Gasteiger partial charge on any atom is -0.488 e. The molecule has 0 saturated carbocycles. The van der Waals surface area contributed by atoms with Crippen LogP contribution in [-0.2, 0) is 6.61 Å². The molecular formula is C14H14N2O3S. The number of carbonyl (C=O) groups excluding carboxylic acids is 2. The van der Waals surface area contributed by atoms with Gasteiger partial charge < -0.3 is 4.74 Å². The summed E-state index contributed by atoms with van der Waals surface area (Å²) in [5.74, 6) is 5.45. The summed E-state index contributed by atoms with van der Waals surface area (Å²) in [4.78, 5) is 23.9. The van der Waals surface area contributed by atoms with Crippen LogP contribution in [0.2, 0.25) is 0 Å². The number of nitrogen functional groups attached to an aromatic ring is 1. The second-order valence-corrected chi connectivity index (χ2v) is 5.28. The van der Waals surface area contributed by atoms with E-state index in [2.05, 4.69) is 5.43 Å². The maximum Gasteiger partial charge on any atom is 0.275 e. The lowest BCUT2D eigenvalue weighted by atomic mass is 10.1. The average Bonchev–Trinajstić information content (AvgIpc) is 2.93. The van der Waals surface area contributed by atoms with Crippen LogP contribution in [0.4, 0.5) is 0 Å². The van der Waals surface area contributed by atoms with Gasteiger partial charge in [0.15, 0.2) is 5.78 Å². The molecule has 0 bridgehead atoms. The number of rotatable bonds is 5. The summed E-state index contributed by atoms with van der Waals surface area (Å²) in [6, 6.07) is 10.5. The van der Waals surface area contributed by atoms with Gasteiger partial charge in [0.2, 0.25) is 0 Å². The fourth-order valence-electron chi connectivity index (χ4n) is 1.59. The lowest BCUT2D eigenvalue weighted by Crippen LogP contribution is -2.29. The molecule has 6 heteroatoms. The smallest absolute Gasteiger partial charge is 0.275 e. The first-order chi connectivity index (χ1) is 9.60. The third-order valence-electron chi connectivity index (χ3n) is 2.66. The van der Waals surface area contributed by atoms with Gasteiger partial charge in [-0.1, -0.05) is 0 Å². The monoisotopic (exact) mass is 290 g/mol. The fourth-order valence-corrected chi connectivity index (χ4v) is 2.41. The van der Waals surface area contributed by atoms with Crippen molar-refractivity contribution in [1.29, 1.82) is 0 Å². The molecule has 0 fully saturated rings. The molecule has 0 aliphatic carbocycles. The zero-order valence-corrected chi connectivity index (χ0v) is 11.7. The number of hydrogen-bond acceptors (Lipinski definition) is 5. The van der Waals surface area contributed by atoms with Crippen LogP contribution in [0, 0.1) is 0 Å². The topological polar surface area (TPSA) is 81.4 Å². The van der Waals surface area contributed by atoms with E-state index in [1.807, 2.05) is 6.07 Å². The minimum absolute atomic E-state index is 0.0206. The number of Topliss-reactive ketones (excluding diaryl/α,β-unsaturated/α-hetero) is 1. The van der Waals surface area contributed by atoms with Crippen LogP contribution in [-0.4, -0.2) is 11.7 Å². The summed E-state index contributed by atoms with van der Waals surface area (Å²) in [5.41, 5.74) is 2.73. The van der Waals surface area contributed by atoms with Gasteiger partial charge in [0, 0.05) is 10.4 Å². The van der Waals surface area contributed by atoms with Crippen molar-refractivity contribution in [1.82, 2.24) is 5.43 Å². The zero-order valence-electron chi connectivity index (χ0n) is 10.9. The number of benzene rings is 1. The summed E-state index contributed by atoms with van der Waals surface area (Å²) in [7, 11) is 0. The predicted octanol–water partition coefficient (Wildman–Crippen LogP) is 2.13. The molecule has 2 aromatic rings. The van der Waals surface area contributed by atoms with Gasteiger partial charge in [-0.2, -0.15) is 0 Å². The van der Waals surface area contributed by atoms with Crippen molar-refractivity contribution in [2.45, 2.75) is 13.5 Å². The molecule has 1 heterocycles. The van der Waals surface area contributed by atoms with Crippen LogP contribution in [0.1, 0.15) is 31.8 Å². The second-order valence-electron chi connectivity index (χ2n) is 4.11. The van der Waals surface area contributed by atoms with E-state index >= 15 is 0 Å². The molecule has 0 spiro atoms. The van der Waals surface area contributed by atoms with Gasteiger partial charge in [0.05, 0.1) is 4.88 Å². The molecule has 0 unspecified atom stereocenters. The lowest BCUT2D eigenvalue weighted by molar-refractivity contribution is 0.0956. The van der Waals surface area contributed by atoms with Crippen LogP contribution in [0.3, 0.4) is 0 Å². The molecule has 20 heavy (non-hydrogen) atoms. The van der Waals surface area contributed by atoms with E-state index in [1.165, 1.54) is 18.3 Å². The highest BCUT2D eigenvalue weighted by molar-refractivity contribution is 7.14. The standard InChI is InChI=1S/C14H14N2O3S/c1-9(17)10-2-4-11(5-3-10)19-8-12-6-7-13(20-12)14(18)16-15/h2-7H,8,15H2,1H3,(H,16,18). The number of ketones is 1. The Kier molecular flexibility index (Phi) is 4.49. The van der Waals surface area contributed by atoms with Crippen LogP contribution >= 0.6 is 11.3 Å². The Morgan fingerprint density at radius 2 is 1.90 bits per heavy atom. The van der Waals surface area contributed by atoms with Gasteiger partial charge in [0.1, 0.15) is 12.4 Å². The maximum atomic E-state index is 11.3. The van der Waals surface area contributed by atoms with E-state index in [-0.39, 0.29) is 11.7 Å². The largest absolute Gasteiger partial charge is 0.488 e. The molecule has 0 aliphatic heterocycles. The fraction of sp³-hybridized carbons (Fsp3) is 0.143. The Bertz CT molecular complexity index is 620. The zero-order chi connectivity index (χ0) is 14.5. The minimum atomic E-state index is -0.313. The summed E-state index contributed by atoms with van der Waals surface area (Å²) in [6.07, 6.45) is 0. The Morgan fingerprint density at radius 3 is 2.50 bits per heavy atom. The van der Waals surface area contributed by atoms with Crippen molar-refractivity contribution in [2.24, 2.45) is 5.84 Å². The number of thiophene rings is 1. The third-order valence-corrected chi connectivity index (χ3v) is 3.72. The van der Waals surface area contributed by atoms with Gasteiger partial charge >= 0.3 is 0 Å². The van der Waals surface area contributed by atoms with E-state index in [1.54, 1.807) is 30.3 Å². The molecule has 3 N–H and O–H groups in total. The number of carbonyl (C=O) groups is 2. The lowest BCUT2D eigenvalue weighted by Gasteiger charge is -2.04. The first-order valence-corrected chi connectivity index (χ1v) is 6.75. The number of hydrazine groups is 1. The Morgan fingerprint density at radius 1 is 1.20 bits per heavy atom. The number of amides is 1. The highest BCUT2D eigenvalue weighted by atomic mass is 32.1. The third kappa shape index (κ3) is 3.43. The van der Waals surface area contributed by atoms with E-state index < -0.39 is 0 Å². The average molecular weight is 290 g/mol. The van der Waals surface area contributed by atoms with E-state index in [4.69, 9.17) is 10.6 Å². The summed E-state index contributed by atoms with van der Waals surface area (Å²) in [6.45, 7) is 1.88. The van der Waals surface area contributed by atoms with Gasteiger partial charge in [0.25, 0.3) is 5.91 Å². The van der Waals surface area contributed by atoms with Gasteiger partial charge in [-0.05, 0) is 43.3 Å². The van der Waals surface area contributed by atoms with Crippen LogP contribution in [0.5, 0.6) is 5.75 Å². The molecule has 2 rings (SSSR count). The summed E-state index contributed by atoms with van der Waals surface area (Å²) in [5, 5.41) is 0. The molecule has 104 valence electrons. The van der Waals surface area contributed by atoms with Crippen molar-refractivity contribution >= 4 is 23.0 Å². The highest BCUT2D eigenvalue weighted by Gasteiger charge is 2.08. The molecular weight excluding hydrogens is 276 g/mol. The normalized spacial score (nSPS) is 10.1. The Hall–Kier alpha value is -2.18. The number of hydrogen-bond donors (Lipinski definition) is 2. The SMILES string of the molecule is CC(=O)c1ccc(OCc2ccc(C(=O)NN)s2)cc1. The van der Waals surface area contributed by atoms with Crippen molar-refractivity contribution in [3.63, 3.8) is 0 Å². The quantitative estimate of drug-likeness (QED) is 0.382. The molecule has 5 nitrogen and oxygen atoms in total. The molecule has 1 amide bonds. The second kappa shape index (κ2) is 6.31. The number of ether oxygens (including phenoxy) is 1. The highest BCUT2D eigenvalue weighted by Crippen LogP contribution is 2.19. The molecule has 1 aromatic heterocycles. The Balaban J connectivity index is 1.96. The van der Waals surface area contributed by atoms with Crippen molar-refractivity contribution in [3.8, 4) is 5.75 Å². The van der Waals surface area contributed by atoms with Gasteiger partial charge in [-0.15, -0.1) is 11.3 Å². The van der Waals surface area contributed by atoms with E-state index in [0.29, 0.717) is 22.8 Å². The van der Waals surface area contributed by atoms with E-state index in [0.717, 1.165) is 4.88 Å². The maximum absolute atomic E-state index is 11.3. The van der Waals surface area contributed by atoms with Crippen LogP contribution in [0.15, 0.2) is 36.4 Å². The molecule has 0 aliphatic rings. The molecule has 0 saturated heterocycles. The molecule has 0 radical (unpaired) electrons. The van der Waals surface area contributed by atoms with Gasteiger partial charge in [-0.25, -0.2) is 5.84 Å². The van der Waals surface area contributed by atoms with Crippen molar-refractivity contribution in [3.05, 3.63) is 51.7 Å². The van der Waals surface area contributed by atoms with Crippen LogP contribution < -0.4 is 16.0 Å². The first-order valence-electron chi connectivity index (χ1n) is 5.93. The number of nitrogens with one attached hydrogen (secondary N) is 1. The number of nitrogens with two attached hydrogens (primary N) is 1. The van der Waals surface area contributed by atoms with E-state index in [9.17, 15) is 9.59 Å². The molecule has 1 aromatic carbocycles. The van der Waals surface area contributed by atoms with Gasteiger partial charge in [-0.3, -0.25) is 15.0 Å². The van der Waals surface area contributed by atoms with Crippen molar-refractivity contribution in [2.75, 3.05) is 0 Å². The first kappa shape index (κ1) is 14.2.